The smallest absolute Gasteiger partial charge is 0.263 e. The maximum Gasteiger partial charge on any atom is 0.406 e. The molecule has 0 aliphatic rings. The molecule has 0 aromatic heterocycles. The van der Waals surface area contributed by atoms with E-state index in [0.717, 1.165) is 11.1 Å². The average Bonchev–Trinajstić information content (AvgIpc) is 2.24. The van der Waals surface area contributed by atoms with Crippen molar-refractivity contribution in [3.8, 4) is 0 Å². The molecular weight excluding hydrogens is 400 g/mol. The molecule has 142 valence electrons. The van der Waals surface area contributed by atoms with Gasteiger partial charge in [-0.1, -0.05) is 24.3 Å². The van der Waals surface area contributed by atoms with E-state index in [4.69, 9.17) is 16.4 Å². The molecule has 0 aliphatic heterocycles. The number of hydrogen-bond acceptors (Lipinski definition) is 6. The van der Waals surface area contributed by atoms with Crippen LogP contribution >= 0.6 is 20.6 Å². The van der Waals surface area contributed by atoms with E-state index < -0.39 is 41.4 Å². The third kappa shape index (κ3) is 9.22. The molecule has 2 N–H and O–H groups in total. The predicted molar refractivity (Wildman–Crippen MR) is 98.0 cm³/mol. The zero-order chi connectivity index (χ0) is 18.8. The molecule has 0 unspecified atom stereocenters. The Labute approximate surface area is 146 Å². The fourth-order valence-electron chi connectivity index (χ4n) is 2.05. The third-order valence-corrected chi connectivity index (χ3v) is 8.97. The summed E-state index contributed by atoms with van der Waals surface area (Å²) in [6.45, 7) is 0. The predicted octanol–water partition coefficient (Wildman–Crippen LogP) is 2.28. The first kappa shape index (κ1) is 21.7. The fourth-order valence-corrected chi connectivity index (χ4v) is 8.15. The molecule has 0 aliphatic carbocycles. The molecule has 8 nitrogen and oxygen atoms in total. The lowest BCUT2D eigenvalue weighted by atomic mass is 10.2. The summed E-state index contributed by atoms with van der Waals surface area (Å²) in [6.07, 6.45) is 6.45. The van der Waals surface area contributed by atoms with Crippen molar-refractivity contribution in [3.63, 3.8) is 0 Å². The van der Waals surface area contributed by atoms with Gasteiger partial charge in [0.1, 0.15) is 0 Å². The van der Waals surface area contributed by atoms with Gasteiger partial charge in [-0.2, -0.15) is 24.1 Å². The van der Waals surface area contributed by atoms with Crippen molar-refractivity contribution in [2.75, 3.05) is 25.0 Å². The van der Waals surface area contributed by atoms with Gasteiger partial charge in [-0.15, -0.1) is 20.6 Å². The zero-order valence-corrected chi connectivity index (χ0v) is 17.0. The summed E-state index contributed by atoms with van der Waals surface area (Å²) in [5.74, 6) is 0.648. The maximum atomic E-state index is 10.8. The van der Waals surface area contributed by atoms with Gasteiger partial charge in [-0.05, 0) is 36.1 Å². The van der Waals surface area contributed by atoms with Gasteiger partial charge in [-0.25, -0.2) is 0 Å². The minimum atomic E-state index is -4.51. The Morgan fingerprint density at radius 2 is 0.958 bits per heavy atom. The van der Waals surface area contributed by atoms with Crippen molar-refractivity contribution in [3.05, 3.63) is 35.4 Å². The van der Waals surface area contributed by atoms with Crippen molar-refractivity contribution in [1.82, 2.24) is 0 Å². The molecule has 0 spiro atoms. The highest BCUT2D eigenvalue weighted by Crippen LogP contribution is 2.47. The summed E-state index contributed by atoms with van der Waals surface area (Å²) in [4.78, 5) is 0. The Morgan fingerprint density at radius 1 is 0.708 bits per heavy atom. The first-order valence-electron chi connectivity index (χ1n) is 6.44. The maximum absolute atomic E-state index is 10.8. The first-order chi connectivity index (χ1) is 10.6. The fraction of sp³-hybridized carbons (Fsp3) is 0.500. The Kier molecular flexibility index (Phi) is 6.78. The minimum absolute atomic E-state index is 0.324. The van der Waals surface area contributed by atoms with E-state index in [1.54, 1.807) is 49.3 Å². The van der Waals surface area contributed by atoms with Crippen LogP contribution in [0.4, 0.5) is 0 Å². The Balaban J connectivity index is 2.79. The molecule has 0 amide bonds. The van der Waals surface area contributed by atoms with E-state index in [2.05, 4.69) is 0 Å². The number of hydrogen-bond donors (Lipinski definition) is 2. The lowest BCUT2D eigenvalue weighted by Gasteiger charge is -2.29. The molecule has 0 atom stereocenters. The van der Waals surface area contributed by atoms with Gasteiger partial charge in [-0.3, -0.25) is 9.11 Å². The molecule has 1 aromatic rings. The van der Waals surface area contributed by atoms with E-state index in [9.17, 15) is 16.8 Å². The highest BCUT2D eigenvalue weighted by atomic mass is 32.3. The molecule has 0 bridgehead atoms. The van der Waals surface area contributed by atoms with Gasteiger partial charge in [0.25, 0.3) is 0 Å². The average molecular weight is 423 g/mol. The molecule has 0 fully saturated rings. The molecule has 1 rings (SSSR count). The Hall–Kier alpha value is -0.340. The van der Waals surface area contributed by atoms with Gasteiger partial charge in [0, 0.05) is 11.5 Å². The molecule has 12 heteroatoms. The van der Waals surface area contributed by atoms with Crippen molar-refractivity contribution in [2.24, 2.45) is 0 Å². The summed E-state index contributed by atoms with van der Waals surface area (Å²) in [7, 11) is -13.1. The van der Waals surface area contributed by atoms with E-state index >= 15 is 0 Å². The standard InChI is InChI=1S/C12H22O8S4/c1-21(2,19-23(13,14)15)9-11-5-7-12(8-6-11)10-22(3,4)20-24(16,17)18/h5-8H,9-10H2,1-4H3,(H,13,14,15)(H,16,17,18). The van der Waals surface area contributed by atoms with Crippen molar-refractivity contribution >= 4 is 41.4 Å². The normalized spacial score (nSPS) is 15.2. The van der Waals surface area contributed by atoms with Crippen molar-refractivity contribution < 1.29 is 33.2 Å². The van der Waals surface area contributed by atoms with Gasteiger partial charge in [0.15, 0.2) is 0 Å². The minimum Gasteiger partial charge on any atom is -0.263 e. The second-order valence-corrected chi connectivity index (χ2v) is 15.1. The third-order valence-electron chi connectivity index (χ3n) is 2.59. The highest BCUT2D eigenvalue weighted by molar-refractivity contribution is 8.31. The summed E-state index contributed by atoms with van der Waals surface area (Å²) >= 11 is 0. The summed E-state index contributed by atoms with van der Waals surface area (Å²) in [6, 6.07) is 7.06. The van der Waals surface area contributed by atoms with Gasteiger partial charge < -0.3 is 0 Å². The first-order valence-corrected chi connectivity index (χ1v) is 14.3. The molecule has 0 heterocycles. The topological polar surface area (TPSA) is 127 Å². The Morgan fingerprint density at radius 3 is 1.17 bits per heavy atom. The van der Waals surface area contributed by atoms with E-state index in [0.29, 0.717) is 11.5 Å². The molecule has 0 saturated heterocycles. The second-order valence-electron chi connectivity index (χ2n) is 5.97. The lowest BCUT2D eigenvalue weighted by molar-refractivity contribution is 0.400. The van der Waals surface area contributed by atoms with Crippen LogP contribution < -0.4 is 0 Å². The van der Waals surface area contributed by atoms with Crippen LogP contribution in [0.2, 0.25) is 0 Å². The summed E-state index contributed by atoms with van der Waals surface area (Å²) < 4.78 is 70.3. The molecule has 24 heavy (non-hydrogen) atoms. The van der Waals surface area contributed by atoms with Crippen molar-refractivity contribution in [1.29, 1.82) is 0 Å². The van der Waals surface area contributed by atoms with Crippen LogP contribution in [0, 0.1) is 0 Å². The number of benzene rings is 1. The van der Waals surface area contributed by atoms with Crippen LogP contribution in [0.5, 0.6) is 0 Å². The quantitative estimate of drug-likeness (QED) is 0.611. The summed E-state index contributed by atoms with van der Waals surface area (Å²) in [5, 5.41) is 0. The number of rotatable bonds is 8. The monoisotopic (exact) mass is 422 g/mol. The SMILES string of the molecule is CS(C)(Cc1ccc(CS(C)(C)OS(=O)(=O)O)cc1)OS(=O)(=O)O. The van der Waals surface area contributed by atoms with Crippen LogP contribution in [0.25, 0.3) is 0 Å². The van der Waals surface area contributed by atoms with Crippen LogP contribution in [-0.2, 0) is 39.6 Å². The van der Waals surface area contributed by atoms with Gasteiger partial charge in [0.2, 0.25) is 0 Å². The molecule has 0 radical (unpaired) electrons. The largest absolute Gasteiger partial charge is 0.406 e. The van der Waals surface area contributed by atoms with Crippen LogP contribution in [0.15, 0.2) is 24.3 Å². The molecule has 1 aromatic carbocycles. The highest BCUT2D eigenvalue weighted by Gasteiger charge is 2.22. The van der Waals surface area contributed by atoms with E-state index in [-0.39, 0.29) is 0 Å². The van der Waals surface area contributed by atoms with Gasteiger partial charge >= 0.3 is 20.8 Å². The molecular formula is C12H22O8S4. The van der Waals surface area contributed by atoms with Gasteiger partial charge in [0.05, 0.1) is 0 Å². The van der Waals surface area contributed by atoms with Crippen LogP contribution in [0.1, 0.15) is 11.1 Å². The van der Waals surface area contributed by atoms with E-state index in [1.807, 2.05) is 0 Å². The van der Waals surface area contributed by atoms with Crippen LogP contribution in [0.3, 0.4) is 0 Å². The molecule has 0 saturated carbocycles. The summed E-state index contributed by atoms with van der Waals surface area (Å²) in [5.41, 5.74) is 1.62. The van der Waals surface area contributed by atoms with E-state index in [1.165, 1.54) is 0 Å². The second kappa shape index (κ2) is 7.50. The van der Waals surface area contributed by atoms with Crippen molar-refractivity contribution in [2.45, 2.75) is 11.5 Å². The lowest BCUT2D eigenvalue weighted by Crippen LogP contribution is -2.11. The Bertz CT molecular complexity index is 699. The van der Waals surface area contributed by atoms with Crippen LogP contribution in [-0.4, -0.2) is 51.0 Å². The zero-order valence-electron chi connectivity index (χ0n) is 13.7.